The van der Waals surface area contributed by atoms with Crippen molar-refractivity contribution >= 4 is 11.9 Å². The smallest absolute Gasteiger partial charge is 0.374 e. The van der Waals surface area contributed by atoms with Crippen LogP contribution in [-0.4, -0.2) is 53.1 Å². The van der Waals surface area contributed by atoms with Crippen molar-refractivity contribution < 1.29 is 39.4 Å². The molecule has 0 aromatic heterocycles. The number of aliphatic hydroxyl groups excluding tert-OH is 2. The fourth-order valence-corrected chi connectivity index (χ4v) is 1.88. The van der Waals surface area contributed by atoms with E-state index in [0.717, 1.165) is 0 Å². The number of hydrogen-bond donors (Lipinski definition) is 4. The monoisotopic (exact) mass is 313 g/mol. The summed E-state index contributed by atoms with van der Waals surface area (Å²) in [5, 5.41) is 31.0. The van der Waals surface area contributed by atoms with E-state index in [2.05, 4.69) is 10.2 Å². The van der Waals surface area contributed by atoms with Crippen LogP contribution in [-0.2, 0) is 29.9 Å². The Kier molecular flexibility index (Phi) is 4.62. The Hall–Kier alpha value is -2.20. The maximum absolute atomic E-state index is 11.9. The number of rotatable bonds is 3. The molecule has 9 nitrogen and oxygen atoms in total. The summed E-state index contributed by atoms with van der Waals surface area (Å²) in [6.07, 6.45) is -4.22. The Bertz CT molecular complexity index is 560. The summed E-state index contributed by atoms with van der Waals surface area (Å²) >= 11 is 0. The number of carbonyl (C=O) groups excluding carboxylic acids is 2. The normalized spacial score (nSPS) is 29.2. The van der Waals surface area contributed by atoms with Crippen molar-refractivity contribution in [3.05, 3.63) is 29.8 Å². The van der Waals surface area contributed by atoms with Crippen molar-refractivity contribution in [1.82, 2.24) is 5.32 Å². The van der Waals surface area contributed by atoms with E-state index in [-0.39, 0.29) is 17.9 Å². The van der Waals surface area contributed by atoms with Crippen LogP contribution in [0, 0.1) is 0 Å². The van der Waals surface area contributed by atoms with Gasteiger partial charge in [0.05, 0.1) is 6.54 Å². The van der Waals surface area contributed by atoms with Gasteiger partial charge in [-0.15, -0.1) is 4.89 Å². The maximum Gasteiger partial charge on any atom is 0.374 e. The lowest BCUT2D eigenvalue weighted by molar-refractivity contribution is -0.408. The molecule has 1 saturated heterocycles. The third kappa shape index (κ3) is 3.02. The first-order valence-corrected chi connectivity index (χ1v) is 6.32. The van der Waals surface area contributed by atoms with Gasteiger partial charge in [-0.3, -0.25) is 4.89 Å². The van der Waals surface area contributed by atoms with E-state index >= 15 is 0 Å². The molecule has 1 aliphatic rings. The number of hydrogen-bond acceptors (Lipinski definition) is 9. The summed E-state index contributed by atoms with van der Waals surface area (Å²) in [4.78, 5) is 32.7. The molecule has 3 atom stereocenters. The average Bonchev–Trinajstić information content (AvgIpc) is 2.50. The highest BCUT2D eigenvalue weighted by atomic mass is 17.2. The highest BCUT2D eigenvalue weighted by Crippen LogP contribution is 2.31. The summed E-state index contributed by atoms with van der Waals surface area (Å²) in [6.45, 7) is -0.125. The molecule has 1 aliphatic heterocycles. The Balaban J connectivity index is 2.42. The van der Waals surface area contributed by atoms with E-state index in [4.69, 9.17) is 9.62 Å². The number of aromatic hydroxyl groups is 1. The van der Waals surface area contributed by atoms with E-state index in [9.17, 15) is 24.9 Å². The third-order valence-electron chi connectivity index (χ3n) is 3.02. The van der Waals surface area contributed by atoms with Crippen LogP contribution in [0.1, 0.15) is 5.56 Å². The van der Waals surface area contributed by atoms with Crippen molar-refractivity contribution in [3.8, 4) is 5.75 Å². The lowest BCUT2D eigenvalue weighted by Crippen LogP contribution is -2.52. The second kappa shape index (κ2) is 6.28. The molecule has 1 fully saturated rings. The largest absolute Gasteiger partial charge is 0.508 e. The topological polar surface area (TPSA) is 135 Å². The quantitative estimate of drug-likeness (QED) is 0.389. The van der Waals surface area contributed by atoms with Crippen molar-refractivity contribution in [2.24, 2.45) is 0 Å². The van der Waals surface area contributed by atoms with Crippen LogP contribution in [0.15, 0.2) is 24.3 Å². The molecule has 22 heavy (non-hydrogen) atoms. The minimum absolute atomic E-state index is 0.0343. The van der Waals surface area contributed by atoms with Crippen molar-refractivity contribution in [2.45, 2.75) is 18.0 Å². The molecule has 4 N–H and O–H groups in total. The summed E-state index contributed by atoms with van der Waals surface area (Å²) in [5.41, 5.74) is 0.240. The number of phenols is 1. The highest BCUT2D eigenvalue weighted by molar-refractivity contribution is 5.85. The molecule has 1 aromatic rings. The molecule has 120 valence electrons. The minimum Gasteiger partial charge on any atom is -0.508 e. The van der Waals surface area contributed by atoms with Crippen molar-refractivity contribution in [2.75, 3.05) is 13.6 Å². The van der Waals surface area contributed by atoms with Gasteiger partial charge in [0.25, 0.3) is 5.79 Å². The minimum atomic E-state index is -2.11. The van der Waals surface area contributed by atoms with Gasteiger partial charge in [-0.05, 0) is 31.3 Å². The molecule has 2 rings (SSSR count). The maximum atomic E-state index is 11.9. The van der Waals surface area contributed by atoms with Crippen LogP contribution in [0.2, 0.25) is 0 Å². The summed E-state index contributed by atoms with van der Waals surface area (Å²) in [6, 6.07) is 5.40. The molecule has 1 heterocycles. The molecule has 0 saturated carbocycles. The molecular weight excluding hydrogens is 298 g/mol. The number of carbonyl (C=O) groups is 2. The first-order chi connectivity index (χ1) is 10.4. The average molecular weight is 313 g/mol. The SMILES string of the molecule is CNCC1(c2ccc(O)cc2)OOC(=O)C(O)C(O)C(=O)O1. The van der Waals surface area contributed by atoms with Crippen LogP contribution >= 0.6 is 0 Å². The van der Waals surface area contributed by atoms with Crippen LogP contribution in [0.5, 0.6) is 5.75 Å². The van der Waals surface area contributed by atoms with Gasteiger partial charge in [0.15, 0.2) is 12.2 Å². The van der Waals surface area contributed by atoms with E-state index in [0.29, 0.717) is 0 Å². The summed E-state index contributed by atoms with van der Waals surface area (Å²) < 4.78 is 5.08. The number of cyclic esters (lactones) is 1. The predicted octanol–water partition coefficient (Wildman–Crippen LogP) is -1.48. The van der Waals surface area contributed by atoms with Gasteiger partial charge >= 0.3 is 11.9 Å². The Morgan fingerprint density at radius 1 is 1.14 bits per heavy atom. The molecule has 3 unspecified atom stereocenters. The van der Waals surface area contributed by atoms with E-state index in [1.807, 2.05) is 0 Å². The molecular formula is C13H15NO8. The van der Waals surface area contributed by atoms with E-state index in [1.165, 1.54) is 31.3 Å². The van der Waals surface area contributed by atoms with Gasteiger partial charge in [0.1, 0.15) is 5.75 Å². The van der Waals surface area contributed by atoms with Crippen molar-refractivity contribution in [3.63, 3.8) is 0 Å². The molecule has 0 bridgehead atoms. The second-order valence-corrected chi connectivity index (χ2v) is 4.63. The van der Waals surface area contributed by atoms with Gasteiger partial charge in [0, 0.05) is 5.56 Å². The van der Waals surface area contributed by atoms with Crippen LogP contribution in [0.25, 0.3) is 0 Å². The van der Waals surface area contributed by atoms with Crippen LogP contribution in [0.4, 0.5) is 0 Å². The van der Waals surface area contributed by atoms with E-state index < -0.39 is 29.9 Å². The van der Waals surface area contributed by atoms with Gasteiger partial charge in [-0.1, -0.05) is 0 Å². The fourth-order valence-electron chi connectivity index (χ4n) is 1.88. The molecule has 0 aliphatic carbocycles. The van der Waals surface area contributed by atoms with Crippen molar-refractivity contribution in [1.29, 1.82) is 0 Å². The molecule has 0 radical (unpaired) electrons. The number of ether oxygens (including phenoxy) is 1. The first kappa shape index (κ1) is 16.2. The third-order valence-corrected chi connectivity index (χ3v) is 3.02. The zero-order valence-electron chi connectivity index (χ0n) is 11.6. The number of aliphatic hydroxyl groups is 2. The van der Waals surface area contributed by atoms with Crippen LogP contribution < -0.4 is 5.32 Å². The Morgan fingerprint density at radius 2 is 1.73 bits per heavy atom. The Labute approximate surface area is 125 Å². The lowest BCUT2D eigenvalue weighted by Gasteiger charge is -2.34. The molecule has 9 heteroatoms. The van der Waals surface area contributed by atoms with Gasteiger partial charge in [0.2, 0.25) is 0 Å². The second-order valence-electron chi connectivity index (χ2n) is 4.63. The first-order valence-electron chi connectivity index (χ1n) is 6.32. The van der Waals surface area contributed by atoms with E-state index in [1.54, 1.807) is 0 Å². The lowest BCUT2D eigenvalue weighted by atomic mass is 10.0. The number of esters is 1. The summed E-state index contributed by atoms with van der Waals surface area (Å²) in [7, 11) is 1.53. The predicted molar refractivity (Wildman–Crippen MR) is 69.0 cm³/mol. The molecule has 1 aromatic carbocycles. The number of phenolic OH excluding ortho intramolecular Hbond substituents is 1. The highest BCUT2D eigenvalue weighted by Gasteiger charge is 2.47. The zero-order valence-corrected chi connectivity index (χ0v) is 11.6. The standard InChI is InChI=1S/C13H15NO8/c1-14-6-13(7-2-4-8(15)5-3-7)20-11(18)9(16)10(17)12(19)21-22-13/h2-5,9-10,14-17H,6H2,1H3. The van der Waals surface area contributed by atoms with Crippen LogP contribution in [0.3, 0.4) is 0 Å². The summed E-state index contributed by atoms with van der Waals surface area (Å²) in [5.74, 6) is -4.50. The molecule has 0 spiro atoms. The fraction of sp³-hybridized carbons (Fsp3) is 0.385. The zero-order chi connectivity index (χ0) is 16.3. The van der Waals surface area contributed by atoms with Gasteiger partial charge in [-0.2, -0.15) is 0 Å². The number of benzene rings is 1. The van der Waals surface area contributed by atoms with Gasteiger partial charge < -0.3 is 25.4 Å². The molecule has 0 amide bonds. The number of nitrogens with one attached hydrogen (secondary N) is 1. The Morgan fingerprint density at radius 3 is 2.32 bits per heavy atom. The number of likely N-dealkylation sites (N-methyl/N-ethyl adjacent to an activating group) is 1. The van der Waals surface area contributed by atoms with Gasteiger partial charge in [-0.25, -0.2) is 9.59 Å².